The normalized spacial score (nSPS) is 14.9. The van der Waals surface area contributed by atoms with Crippen LogP contribution in [0, 0.1) is 0 Å². The average Bonchev–Trinajstić information content (AvgIpc) is 3.15. The third kappa shape index (κ3) is 18.2. The van der Waals surface area contributed by atoms with Gasteiger partial charge in [-0.2, -0.15) is 0 Å². The van der Waals surface area contributed by atoms with E-state index in [4.69, 9.17) is 13.6 Å². The fourth-order valence-corrected chi connectivity index (χ4v) is 15.5. The summed E-state index contributed by atoms with van der Waals surface area (Å²) < 4.78 is 45.0. The molecule has 4 N–H and O–H groups in total. The van der Waals surface area contributed by atoms with Crippen LogP contribution in [0.15, 0.2) is 68.1 Å². The second-order valence-corrected chi connectivity index (χ2v) is 39.6. The predicted octanol–water partition coefficient (Wildman–Crippen LogP) is 20.0. The van der Waals surface area contributed by atoms with E-state index in [0.29, 0.717) is 28.4 Å². The molecule has 9 nitrogen and oxygen atoms in total. The average molecular weight is 1180 g/mol. The van der Waals surface area contributed by atoms with Crippen molar-refractivity contribution in [3.05, 3.63) is 93.0 Å². The number of phosphoric acid groups is 2. The third-order valence-corrected chi connectivity index (χ3v) is 18.9. The number of hydrogen-bond donors (Lipinski definition) is 4. The number of hydrogen-bond acceptors (Lipinski definition) is 10. The fraction of sp³-hybridized carbons (Fsp3) is 0.613. The molecule has 0 aliphatic heterocycles. The lowest BCUT2D eigenvalue weighted by atomic mass is 9.79. The zero-order valence-electron chi connectivity index (χ0n) is 52.0. The lowest BCUT2D eigenvalue weighted by molar-refractivity contribution is 0.276. The maximum atomic E-state index is 15.0. The Hall–Kier alpha value is -2.18. The van der Waals surface area contributed by atoms with E-state index in [9.17, 15) is 24.4 Å². The summed E-state index contributed by atoms with van der Waals surface area (Å²) in [5.74, 6) is 1.21. The van der Waals surface area contributed by atoms with Gasteiger partial charge in [0.15, 0.2) is 0 Å². The van der Waals surface area contributed by atoms with E-state index in [0.717, 1.165) is 53.0 Å². The van der Waals surface area contributed by atoms with Crippen LogP contribution in [0.4, 0.5) is 0 Å². The van der Waals surface area contributed by atoms with Crippen LogP contribution in [0.2, 0.25) is 0 Å². The lowest BCUT2D eigenvalue weighted by Crippen LogP contribution is -2.22. The molecule has 0 fully saturated rings. The van der Waals surface area contributed by atoms with E-state index in [1.807, 2.05) is 53.7 Å². The number of phenolic OH excluding ortho intramolecular Hbond substituents is 1. The van der Waals surface area contributed by atoms with Crippen LogP contribution in [-0.4, -0.2) is 27.9 Å². The van der Waals surface area contributed by atoms with Crippen molar-refractivity contribution in [1.29, 1.82) is 0 Å². The van der Waals surface area contributed by atoms with Gasteiger partial charge in [-0.25, -0.2) is 9.13 Å². The molecular weight excluding hydrogens is 1080 g/mol. The Kier molecular flexibility index (Phi) is 19.4. The molecule has 0 bridgehead atoms. The first-order chi connectivity index (χ1) is 33.9. The molecule has 4 aromatic rings. The second-order valence-electron chi connectivity index (χ2n) is 29.9. The number of thioether (sulfide) groups is 4. The number of rotatable bonds is 14. The first-order valence-electron chi connectivity index (χ1n) is 26.6. The van der Waals surface area contributed by atoms with Crippen molar-refractivity contribution in [2.75, 3.05) is 0 Å². The minimum absolute atomic E-state index is 0.213. The van der Waals surface area contributed by atoms with Crippen LogP contribution in [0.25, 0.3) is 0 Å². The van der Waals surface area contributed by atoms with Crippen LogP contribution < -0.4 is 13.6 Å². The molecule has 4 aromatic carbocycles. The van der Waals surface area contributed by atoms with E-state index < -0.39 is 52.2 Å². The molecule has 0 heterocycles. The van der Waals surface area contributed by atoms with Crippen molar-refractivity contribution in [3.63, 3.8) is 0 Å². The molecule has 0 radical (unpaired) electrons. The minimum Gasteiger partial charge on any atom is -0.507 e. The van der Waals surface area contributed by atoms with Gasteiger partial charge >= 0.3 is 15.6 Å². The first kappa shape index (κ1) is 67.3. The number of aromatic hydroxyl groups is 1. The molecule has 0 aliphatic rings. The summed E-state index contributed by atoms with van der Waals surface area (Å²) in [4.78, 5) is 36.2. The van der Waals surface area contributed by atoms with Crippen molar-refractivity contribution in [2.45, 2.75) is 265 Å². The second kappa shape index (κ2) is 22.2. The molecule has 0 saturated carbocycles. The molecule has 0 aromatic heterocycles. The van der Waals surface area contributed by atoms with Gasteiger partial charge in [0.25, 0.3) is 0 Å². The van der Waals surface area contributed by atoms with E-state index in [-0.39, 0.29) is 20.7 Å². The summed E-state index contributed by atoms with van der Waals surface area (Å²) in [6, 6.07) is 16.5. The molecule has 0 amide bonds. The largest absolute Gasteiger partial charge is 0.584 e. The standard InChI is InChI=1S/C62H96O9P2S4/c1-53(2,3)41-29-37(30-42(49(41)63)54(4,5)6)74-61(25,26)76-39-33-45(57(13,14)15)51(46(34-39)58(16,17)18)70-73(67,68)71-52-47(59(19,20)21)35-40(36-48(52)60(22,23)24)77-62(27,28)75-38-31-43(55(7,8)9)50(69-72(64,65)66)44(32-38)56(10,11)12/h29-36,63H,1-28H3,(H,67,68)(H2,64,65,66). The third-order valence-electron chi connectivity index (χ3n) is 12.8. The van der Waals surface area contributed by atoms with Crippen LogP contribution >= 0.6 is 62.7 Å². The molecule has 0 spiro atoms. The lowest BCUT2D eigenvalue weighted by Gasteiger charge is -2.34. The Morgan fingerprint density at radius 1 is 0.312 bits per heavy atom. The van der Waals surface area contributed by atoms with Crippen molar-refractivity contribution < 1.29 is 42.5 Å². The molecule has 1 atom stereocenters. The summed E-state index contributed by atoms with van der Waals surface area (Å²) in [6.45, 7) is 58.5. The predicted molar refractivity (Wildman–Crippen MR) is 332 cm³/mol. The van der Waals surface area contributed by atoms with Gasteiger partial charge in [-0.05, 0) is 120 Å². The smallest absolute Gasteiger partial charge is 0.507 e. The Labute approximate surface area is 483 Å². The maximum absolute atomic E-state index is 15.0. The van der Waals surface area contributed by atoms with Gasteiger partial charge in [-0.1, -0.05) is 166 Å². The van der Waals surface area contributed by atoms with Gasteiger partial charge in [-0.15, -0.1) is 47.0 Å². The highest BCUT2D eigenvalue weighted by molar-refractivity contribution is 8.18. The molecule has 15 heteroatoms. The van der Waals surface area contributed by atoms with Crippen molar-refractivity contribution in [1.82, 2.24) is 0 Å². The van der Waals surface area contributed by atoms with Crippen LogP contribution in [-0.2, 0) is 52.5 Å². The Morgan fingerprint density at radius 3 is 0.649 bits per heavy atom. The summed E-state index contributed by atoms with van der Waals surface area (Å²) in [6.07, 6.45) is 0. The van der Waals surface area contributed by atoms with E-state index in [1.54, 1.807) is 47.0 Å². The molecule has 432 valence electrons. The monoisotopic (exact) mass is 1170 g/mol. The zero-order chi connectivity index (χ0) is 59.8. The highest BCUT2D eigenvalue weighted by Crippen LogP contribution is 2.58. The first-order valence-corrected chi connectivity index (χ1v) is 32.9. The van der Waals surface area contributed by atoms with Gasteiger partial charge in [0, 0.05) is 64.1 Å². The highest BCUT2D eigenvalue weighted by atomic mass is 32.2. The minimum atomic E-state index is -4.92. The van der Waals surface area contributed by atoms with E-state index >= 15 is 4.57 Å². The molecular formula is C62H96O9P2S4. The number of phosphoric ester groups is 2. The van der Waals surface area contributed by atoms with Crippen LogP contribution in [0.1, 0.15) is 238 Å². The topological polar surface area (TPSA) is 143 Å². The molecule has 0 aliphatic carbocycles. The zero-order valence-corrected chi connectivity index (χ0v) is 57.0. The van der Waals surface area contributed by atoms with Gasteiger partial charge in [0.1, 0.15) is 23.0 Å². The molecule has 0 saturated heterocycles. The summed E-state index contributed by atoms with van der Waals surface area (Å²) >= 11 is 6.80. The van der Waals surface area contributed by atoms with Crippen molar-refractivity contribution >= 4 is 62.7 Å². The van der Waals surface area contributed by atoms with Crippen LogP contribution in [0.5, 0.6) is 23.0 Å². The van der Waals surface area contributed by atoms with Gasteiger partial charge in [0.2, 0.25) is 0 Å². The Bertz CT molecular complexity index is 2770. The number of benzene rings is 4. The van der Waals surface area contributed by atoms with E-state index in [1.165, 1.54) is 0 Å². The molecule has 1 unspecified atom stereocenters. The Balaban J connectivity index is 1.84. The van der Waals surface area contributed by atoms with Gasteiger partial charge < -0.3 is 18.7 Å². The van der Waals surface area contributed by atoms with Gasteiger partial charge in [-0.3, -0.25) is 14.7 Å². The molecule has 4 rings (SSSR count). The SMILES string of the molecule is CC(C)(Sc1cc(C(C)(C)C)c(O)c(C(C)(C)C)c1)Sc1cc(C(C)(C)C)c(OP(=O)(O)Oc2c(C(C)(C)C)cc(SC(C)(C)Sc3cc(C(C)(C)C)c(OP(=O)(O)O)c(C(C)(C)C)c3)cc2C(C)(C)C)c(C(C)(C)C)c1. The van der Waals surface area contributed by atoms with Crippen molar-refractivity contribution in [2.24, 2.45) is 0 Å². The van der Waals surface area contributed by atoms with Gasteiger partial charge in [0.05, 0.1) is 8.16 Å². The van der Waals surface area contributed by atoms with Crippen LogP contribution in [0.3, 0.4) is 0 Å². The summed E-state index contributed by atoms with van der Waals surface area (Å²) in [5.41, 5.74) is 2.68. The highest BCUT2D eigenvalue weighted by Gasteiger charge is 2.40. The number of phenols is 1. The fourth-order valence-electron chi connectivity index (χ4n) is 8.98. The van der Waals surface area contributed by atoms with Crippen molar-refractivity contribution in [3.8, 4) is 23.0 Å². The van der Waals surface area contributed by atoms with E-state index in [2.05, 4.69) is 189 Å². The summed E-state index contributed by atoms with van der Waals surface area (Å²) in [7, 11) is -9.79. The molecule has 77 heavy (non-hydrogen) atoms. The quantitative estimate of drug-likeness (QED) is 0.0541. The maximum Gasteiger partial charge on any atom is 0.584 e. The Morgan fingerprint density at radius 2 is 0.481 bits per heavy atom. The summed E-state index contributed by atoms with van der Waals surface area (Å²) in [5, 5.41) is 11.5.